The first-order valence-corrected chi connectivity index (χ1v) is 9.21. The molecule has 5 heteroatoms. The van der Waals surface area contributed by atoms with Gasteiger partial charge >= 0.3 is 5.97 Å². The van der Waals surface area contributed by atoms with Crippen LogP contribution in [-0.2, 0) is 4.79 Å². The minimum absolute atomic E-state index is 0.571. The molecule has 5 nitrogen and oxygen atoms in total. The van der Waals surface area contributed by atoms with Gasteiger partial charge in [-0.1, -0.05) is 71.6 Å². The number of hydrogen-bond donors (Lipinski definition) is 2. The molecule has 0 spiro atoms. The monoisotopic (exact) mass is 328 g/mol. The van der Waals surface area contributed by atoms with E-state index in [0.717, 1.165) is 0 Å². The number of unbranched alkanes of at least 4 members (excludes halogenated alkanes) is 8. The van der Waals surface area contributed by atoms with Gasteiger partial charge in [-0.05, 0) is 6.92 Å². The Morgan fingerprint density at radius 3 is 1.87 bits per heavy atom. The molecule has 0 radical (unpaired) electrons. The maximum atomic E-state index is 10.7. The van der Waals surface area contributed by atoms with Crippen LogP contribution in [0.3, 0.4) is 0 Å². The van der Waals surface area contributed by atoms with Crippen molar-refractivity contribution in [1.82, 2.24) is 4.90 Å². The number of carbonyl (C=O) groups is 1. The van der Waals surface area contributed by atoms with Crippen LogP contribution in [0.1, 0.15) is 78.6 Å². The molecule has 0 saturated carbocycles. The molecule has 23 heavy (non-hydrogen) atoms. The van der Waals surface area contributed by atoms with Crippen LogP contribution in [0.2, 0.25) is 0 Å². The summed E-state index contributed by atoms with van der Waals surface area (Å²) in [4.78, 5) is 16.1. The van der Waals surface area contributed by atoms with Crippen molar-refractivity contribution in [3.8, 4) is 0 Å². The van der Waals surface area contributed by atoms with E-state index in [0.29, 0.717) is 13.1 Å². The van der Waals surface area contributed by atoms with Gasteiger partial charge in [0.1, 0.15) is 0 Å². The van der Waals surface area contributed by atoms with E-state index in [9.17, 15) is 4.79 Å². The van der Waals surface area contributed by atoms with Crippen LogP contribution in [0.5, 0.6) is 0 Å². The zero-order chi connectivity index (χ0) is 17.5. The van der Waals surface area contributed by atoms with E-state index < -0.39 is 18.1 Å². The van der Waals surface area contributed by atoms with E-state index in [1.807, 2.05) is 0 Å². The normalized spacial score (nSPS) is 15.9. The molecule has 1 rings (SSSR count). The molecule has 2 atom stereocenters. The van der Waals surface area contributed by atoms with E-state index in [1.54, 1.807) is 0 Å². The predicted molar refractivity (Wildman–Crippen MR) is 96.1 cm³/mol. The molecular weight excluding hydrogens is 292 g/mol. The molecule has 1 aliphatic heterocycles. The Kier molecular flexibility index (Phi) is 13.8. The molecule has 1 heterocycles. The van der Waals surface area contributed by atoms with Gasteiger partial charge in [-0.2, -0.15) is 0 Å². The molecule has 0 amide bonds. The number of rotatable bonds is 11. The van der Waals surface area contributed by atoms with Gasteiger partial charge in [-0.15, -0.1) is 0 Å². The number of carboxylic acids is 1. The highest BCUT2D eigenvalue weighted by Gasteiger charge is 2.29. The number of aliphatic hydroxyl groups excluding tert-OH is 1. The minimum Gasteiger partial charge on any atom is -0.480 e. The van der Waals surface area contributed by atoms with Gasteiger partial charge < -0.3 is 15.1 Å². The second-order valence-corrected chi connectivity index (χ2v) is 6.26. The quantitative estimate of drug-likeness (QED) is 0.567. The summed E-state index contributed by atoms with van der Waals surface area (Å²) >= 11 is 0. The fourth-order valence-electron chi connectivity index (χ4n) is 2.61. The number of aliphatic carboxylic acids is 1. The molecule has 136 valence electrons. The number of nitrogens with zero attached hydrogens (tertiary/aromatic N) is 2. The first-order chi connectivity index (χ1) is 11.0. The second kappa shape index (κ2) is 14.5. The van der Waals surface area contributed by atoms with Gasteiger partial charge in [-0.25, -0.2) is 4.79 Å². The number of aliphatic imine (C=N–C) groups is 1. The van der Waals surface area contributed by atoms with Crippen molar-refractivity contribution in [3.63, 3.8) is 0 Å². The van der Waals surface area contributed by atoms with Gasteiger partial charge in [0.2, 0.25) is 0 Å². The fourth-order valence-corrected chi connectivity index (χ4v) is 2.61. The smallest absolute Gasteiger partial charge is 0.329 e. The lowest BCUT2D eigenvalue weighted by molar-refractivity contribution is -0.144. The van der Waals surface area contributed by atoms with Crippen LogP contribution in [0.4, 0.5) is 0 Å². The Hall–Kier alpha value is -1.10. The summed E-state index contributed by atoms with van der Waals surface area (Å²) in [5.41, 5.74) is 0. The lowest BCUT2D eigenvalue weighted by Gasteiger charge is -2.24. The van der Waals surface area contributed by atoms with Crippen molar-refractivity contribution < 1.29 is 15.0 Å². The number of aliphatic hydroxyl groups is 1. The highest BCUT2D eigenvalue weighted by Crippen LogP contribution is 2.09. The lowest BCUT2D eigenvalue weighted by atomic mass is 10.1. The van der Waals surface area contributed by atoms with Crippen molar-refractivity contribution in [2.75, 3.05) is 13.1 Å². The molecular formula is C18H36N2O3. The molecule has 0 saturated heterocycles. The Labute approximate surface area is 141 Å². The molecule has 2 N–H and O–H groups in total. The van der Waals surface area contributed by atoms with Crippen molar-refractivity contribution >= 4 is 12.3 Å². The average molecular weight is 328 g/mol. The maximum Gasteiger partial charge on any atom is 0.329 e. The van der Waals surface area contributed by atoms with Gasteiger partial charge in [0.25, 0.3) is 0 Å². The Balaban J connectivity index is 0.000000423. The summed E-state index contributed by atoms with van der Waals surface area (Å²) in [5, 5.41) is 17.9. The van der Waals surface area contributed by atoms with Crippen molar-refractivity contribution in [2.45, 2.75) is 90.7 Å². The molecule has 0 bridgehead atoms. The van der Waals surface area contributed by atoms with Crippen molar-refractivity contribution in [3.05, 3.63) is 0 Å². The first kappa shape index (κ1) is 21.9. The van der Waals surface area contributed by atoms with Crippen molar-refractivity contribution in [1.29, 1.82) is 0 Å². The Morgan fingerprint density at radius 1 is 1.09 bits per heavy atom. The summed E-state index contributed by atoms with van der Waals surface area (Å²) in [7, 11) is 0. The van der Waals surface area contributed by atoms with Crippen LogP contribution >= 0.6 is 0 Å². The molecule has 0 aliphatic carbocycles. The third-order valence-corrected chi connectivity index (χ3v) is 3.99. The zero-order valence-electron chi connectivity index (χ0n) is 15.2. The summed E-state index contributed by atoms with van der Waals surface area (Å²) in [6.07, 6.45) is 13.5. The third-order valence-electron chi connectivity index (χ3n) is 3.99. The fraction of sp³-hybridized carbons (Fsp3) is 0.889. The van der Waals surface area contributed by atoms with E-state index in [2.05, 4.69) is 18.8 Å². The van der Waals surface area contributed by atoms with Crippen LogP contribution in [0.15, 0.2) is 4.99 Å². The topological polar surface area (TPSA) is 73.1 Å². The van der Waals surface area contributed by atoms with E-state index in [4.69, 9.17) is 10.2 Å². The molecule has 0 aromatic heterocycles. The zero-order valence-corrected chi connectivity index (χ0v) is 15.2. The van der Waals surface area contributed by atoms with Gasteiger partial charge in [0, 0.05) is 6.54 Å². The lowest BCUT2D eigenvalue weighted by Crippen LogP contribution is -2.46. The number of hydrogen-bond acceptors (Lipinski definition) is 4. The second-order valence-electron chi connectivity index (χ2n) is 6.26. The largest absolute Gasteiger partial charge is 0.480 e. The standard InChI is InChI=1S/C11H24.C7H12N2O3/c1-3-5-7-9-11-10-8-6-4-2;1-5(10)6(7(11)12)9-3-2-8-4-9/h3-11H2,1-2H3;4-6,10H,2-3H2,1H3,(H,11,12). The molecule has 1 aliphatic rings. The average Bonchev–Trinajstić information content (AvgIpc) is 3.00. The first-order valence-electron chi connectivity index (χ1n) is 9.21. The molecule has 0 fully saturated rings. The van der Waals surface area contributed by atoms with Crippen LogP contribution < -0.4 is 0 Å². The Morgan fingerprint density at radius 2 is 1.57 bits per heavy atom. The Bertz CT molecular complexity index is 311. The third kappa shape index (κ3) is 11.1. The minimum atomic E-state index is -1.02. The maximum absolute atomic E-state index is 10.7. The van der Waals surface area contributed by atoms with E-state index in [1.165, 1.54) is 75.9 Å². The molecule has 2 unspecified atom stereocenters. The van der Waals surface area contributed by atoms with Crippen LogP contribution in [-0.4, -0.2) is 52.7 Å². The highest BCUT2D eigenvalue weighted by molar-refractivity contribution is 5.78. The summed E-state index contributed by atoms with van der Waals surface area (Å²) in [5.74, 6) is -1.02. The molecule has 0 aromatic carbocycles. The van der Waals surface area contributed by atoms with Gasteiger partial charge in [-0.3, -0.25) is 4.99 Å². The van der Waals surface area contributed by atoms with Gasteiger partial charge in [0.15, 0.2) is 6.04 Å². The highest BCUT2D eigenvalue weighted by atomic mass is 16.4. The van der Waals surface area contributed by atoms with E-state index >= 15 is 0 Å². The predicted octanol–water partition coefficient (Wildman–Crippen LogP) is 3.70. The summed E-state index contributed by atoms with van der Waals surface area (Å²) in [6.45, 7) is 7.19. The van der Waals surface area contributed by atoms with Crippen molar-refractivity contribution in [2.24, 2.45) is 4.99 Å². The van der Waals surface area contributed by atoms with Gasteiger partial charge in [0.05, 0.1) is 19.0 Å². The SMILES string of the molecule is CC(O)C(C(=O)O)N1C=NCC1.CCCCCCCCCCC. The van der Waals surface area contributed by atoms with Crippen LogP contribution in [0.25, 0.3) is 0 Å². The van der Waals surface area contributed by atoms with Crippen LogP contribution in [0, 0.1) is 0 Å². The van der Waals surface area contributed by atoms with E-state index in [-0.39, 0.29) is 0 Å². The summed E-state index contributed by atoms with van der Waals surface area (Å²) < 4.78 is 0. The molecule has 0 aromatic rings. The summed E-state index contributed by atoms with van der Waals surface area (Å²) in [6, 6.07) is -0.865. The number of carboxylic acid groups (broad SMARTS) is 1.